The summed E-state index contributed by atoms with van der Waals surface area (Å²) in [6.07, 6.45) is 0.619. The Labute approximate surface area is 162 Å². The number of amides is 1. The second-order valence-corrected chi connectivity index (χ2v) is 7.12. The van der Waals surface area contributed by atoms with Crippen molar-refractivity contribution in [2.24, 2.45) is 0 Å². The van der Waals surface area contributed by atoms with Crippen molar-refractivity contribution in [2.75, 3.05) is 31.7 Å². The van der Waals surface area contributed by atoms with Crippen LogP contribution in [-0.2, 0) is 9.53 Å². The molecule has 2 saturated heterocycles. The van der Waals surface area contributed by atoms with Gasteiger partial charge in [-0.25, -0.2) is 4.39 Å². The van der Waals surface area contributed by atoms with E-state index in [4.69, 9.17) is 21.1 Å². The highest BCUT2D eigenvalue weighted by Gasteiger charge is 2.40. The van der Waals surface area contributed by atoms with E-state index in [0.29, 0.717) is 34.1 Å². The largest absolute Gasteiger partial charge is 0.495 e. The molecule has 2 fully saturated rings. The van der Waals surface area contributed by atoms with Crippen LogP contribution in [0.3, 0.4) is 0 Å². The molecule has 0 unspecified atom stereocenters. The van der Waals surface area contributed by atoms with Crippen molar-refractivity contribution in [3.63, 3.8) is 0 Å². The molecule has 5 nitrogen and oxygen atoms in total. The van der Waals surface area contributed by atoms with Crippen molar-refractivity contribution in [3.8, 4) is 16.9 Å². The highest BCUT2D eigenvalue weighted by Crippen LogP contribution is 2.39. The lowest BCUT2D eigenvalue weighted by atomic mass is 9.97. The summed E-state index contributed by atoms with van der Waals surface area (Å²) in [4.78, 5) is 14.3. The van der Waals surface area contributed by atoms with E-state index in [9.17, 15) is 4.79 Å². The van der Waals surface area contributed by atoms with E-state index >= 15 is 4.39 Å². The summed E-state index contributed by atoms with van der Waals surface area (Å²) >= 11 is 6.04. The second-order valence-electron chi connectivity index (χ2n) is 6.69. The quantitative estimate of drug-likeness (QED) is 0.874. The zero-order valence-corrected chi connectivity index (χ0v) is 15.6. The number of carbonyl (C=O) groups is 1. The molecule has 0 aromatic heterocycles. The summed E-state index contributed by atoms with van der Waals surface area (Å²) in [6.45, 7) is 1.42. The Kier molecular flexibility index (Phi) is 5.04. The fourth-order valence-corrected chi connectivity index (χ4v) is 3.99. The van der Waals surface area contributed by atoms with Crippen molar-refractivity contribution in [3.05, 3.63) is 47.2 Å². The molecule has 2 heterocycles. The topological polar surface area (TPSA) is 50.8 Å². The monoisotopic (exact) mass is 390 g/mol. The third kappa shape index (κ3) is 3.40. The molecule has 1 N–H and O–H groups in total. The van der Waals surface area contributed by atoms with Crippen LogP contribution >= 0.6 is 11.6 Å². The van der Waals surface area contributed by atoms with Gasteiger partial charge >= 0.3 is 0 Å². The molecule has 4 rings (SSSR count). The molecular formula is C20H20ClFN2O3. The Morgan fingerprint density at radius 2 is 2.19 bits per heavy atom. The van der Waals surface area contributed by atoms with Crippen molar-refractivity contribution >= 4 is 23.2 Å². The molecule has 0 saturated carbocycles. The maximum atomic E-state index is 15.0. The Bertz CT molecular complexity index is 876. The molecule has 1 amide bonds. The molecule has 7 heteroatoms. The van der Waals surface area contributed by atoms with E-state index in [1.165, 1.54) is 13.2 Å². The Morgan fingerprint density at radius 3 is 2.96 bits per heavy atom. The number of ether oxygens (including phenoxy) is 2. The lowest BCUT2D eigenvalue weighted by Gasteiger charge is -2.44. The van der Waals surface area contributed by atoms with E-state index in [0.717, 1.165) is 13.0 Å². The number of hydrogen-bond donors (Lipinski definition) is 1. The average molecular weight is 391 g/mol. The van der Waals surface area contributed by atoms with Crippen LogP contribution < -0.4 is 15.0 Å². The molecule has 2 aliphatic rings. The van der Waals surface area contributed by atoms with Gasteiger partial charge in [-0.3, -0.25) is 4.79 Å². The van der Waals surface area contributed by atoms with Gasteiger partial charge in [-0.05, 0) is 36.7 Å². The van der Waals surface area contributed by atoms with E-state index < -0.39 is 5.82 Å². The number of fused-ring (bicyclic) bond motifs is 1. The number of piperidine rings is 1. The van der Waals surface area contributed by atoms with Crippen LogP contribution in [-0.4, -0.2) is 44.9 Å². The molecule has 0 radical (unpaired) electrons. The molecule has 0 bridgehead atoms. The normalized spacial score (nSPS) is 22.5. The van der Waals surface area contributed by atoms with Crippen LogP contribution in [0.1, 0.15) is 6.42 Å². The fraction of sp³-hybridized carbons (Fsp3) is 0.350. The maximum Gasteiger partial charge on any atom is 0.253 e. The first-order valence-corrected chi connectivity index (χ1v) is 9.24. The molecule has 2 aliphatic heterocycles. The number of anilines is 1. The minimum absolute atomic E-state index is 0.0241. The van der Waals surface area contributed by atoms with Crippen LogP contribution in [0.25, 0.3) is 11.1 Å². The van der Waals surface area contributed by atoms with Gasteiger partial charge in [-0.15, -0.1) is 0 Å². The Morgan fingerprint density at radius 1 is 1.33 bits per heavy atom. The predicted octanol–water partition coefficient (Wildman–Crippen LogP) is 3.25. The number of halogens is 2. The highest BCUT2D eigenvalue weighted by molar-refractivity contribution is 6.30. The van der Waals surface area contributed by atoms with Gasteiger partial charge in [0.1, 0.15) is 18.2 Å². The number of nitrogens with zero attached hydrogens (tertiary/aromatic N) is 1. The molecule has 142 valence electrons. The van der Waals surface area contributed by atoms with Crippen LogP contribution in [0.4, 0.5) is 10.1 Å². The van der Waals surface area contributed by atoms with Crippen LogP contribution in [0.15, 0.2) is 36.4 Å². The first-order chi connectivity index (χ1) is 13.1. The first-order valence-electron chi connectivity index (χ1n) is 8.86. The Hall–Kier alpha value is -2.15. The van der Waals surface area contributed by atoms with E-state index in [1.807, 2.05) is 0 Å². The van der Waals surface area contributed by atoms with E-state index in [1.54, 1.807) is 35.2 Å². The lowest BCUT2D eigenvalue weighted by Crippen LogP contribution is -2.61. The number of morpholine rings is 1. The third-order valence-electron chi connectivity index (χ3n) is 5.08. The number of benzene rings is 2. The fourth-order valence-electron chi connectivity index (χ4n) is 3.80. The first kappa shape index (κ1) is 18.2. The minimum Gasteiger partial charge on any atom is -0.495 e. The molecule has 2 aromatic carbocycles. The number of methoxy groups -OCH3 is 1. The second kappa shape index (κ2) is 7.46. The highest BCUT2D eigenvalue weighted by atomic mass is 35.5. The molecule has 2 atom stereocenters. The molecule has 27 heavy (non-hydrogen) atoms. The molecule has 2 aromatic rings. The summed E-state index contributed by atoms with van der Waals surface area (Å²) in [5, 5.41) is 3.79. The number of hydrogen-bond acceptors (Lipinski definition) is 4. The van der Waals surface area contributed by atoms with Gasteiger partial charge in [-0.2, -0.15) is 0 Å². The Balaban J connectivity index is 1.78. The van der Waals surface area contributed by atoms with Gasteiger partial charge in [0.25, 0.3) is 5.91 Å². The standard InChI is InChI=1S/C20H20ClFN2O3/c1-26-18-8-14(12-3-2-4-13(21)7-12)15(22)9-17(18)24-16-5-6-23-10-19(16)27-11-20(24)25/h2-4,7-9,16,19,23H,5-6,10-11H2,1H3/t16-,19-/m1/s1. The van der Waals surface area contributed by atoms with Crippen LogP contribution in [0.5, 0.6) is 5.75 Å². The summed E-state index contributed by atoms with van der Waals surface area (Å²) in [5.74, 6) is -0.178. The average Bonchev–Trinajstić information content (AvgIpc) is 2.68. The summed E-state index contributed by atoms with van der Waals surface area (Å²) in [6, 6.07) is 9.83. The third-order valence-corrected chi connectivity index (χ3v) is 5.31. The summed E-state index contributed by atoms with van der Waals surface area (Å²) in [7, 11) is 1.52. The van der Waals surface area contributed by atoms with Crippen molar-refractivity contribution < 1.29 is 18.7 Å². The maximum absolute atomic E-state index is 15.0. The van der Waals surface area contributed by atoms with Crippen LogP contribution in [0.2, 0.25) is 5.02 Å². The van der Waals surface area contributed by atoms with Crippen molar-refractivity contribution in [1.29, 1.82) is 0 Å². The zero-order chi connectivity index (χ0) is 19.0. The van der Waals surface area contributed by atoms with Gasteiger partial charge in [0.05, 0.1) is 24.9 Å². The van der Waals surface area contributed by atoms with E-state index in [2.05, 4.69) is 5.32 Å². The SMILES string of the molecule is COc1cc(-c2cccc(Cl)c2)c(F)cc1N1C(=O)CO[C@@H]2CNCC[C@H]21. The van der Waals surface area contributed by atoms with Gasteiger partial charge in [-0.1, -0.05) is 23.7 Å². The lowest BCUT2D eigenvalue weighted by molar-refractivity contribution is -0.133. The van der Waals surface area contributed by atoms with Gasteiger partial charge in [0.15, 0.2) is 0 Å². The summed E-state index contributed by atoms with van der Waals surface area (Å²) < 4.78 is 26.2. The minimum atomic E-state index is -0.433. The van der Waals surface area contributed by atoms with Gasteiger partial charge in [0.2, 0.25) is 0 Å². The van der Waals surface area contributed by atoms with Crippen molar-refractivity contribution in [2.45, 2.75) is 18.6 Å². The van der Waals surface area contributed by atoms with Gasteiger partial charge in [0, 0.05) is 23.2 Å². The number of nitrogens with one attached hydrogen (secondary N) is 1. The molecule has 0 aliphatic carbocycles. The van der Waals surface area contributed by atoms with Gasteiger partial charge < -0.3 is 19.7 Å². The predicted molar refractivity (Wildman–Crippen MR) is 102 cm³/mol. The molecule has 0 spiro atoms. The zero-order valence-electron chi connectivity index (χ0n) is 14.9. The summed E-state index contributed by atoms with van der Waals surface area (Å²) in [5.41, 5.74) is 1.46. The van der Waals surface area contributed by atoms with E-state index in [-0.39, 0.29) is 24.7 Å². The number of rotatable bonds is 3. The smallest absolute Gasteiger partial charge is 0.253 e. The van der Waals surface area contributed by atoms with Crippen molar-refractivity contribution in [1.82, 2.24) is 5.32 Å². The van der Waals surface area contributed by atoms with Crippen LogP contribution in [0, 0.1) is 5.82 Å². The molecular weight excluding hydrogens is 371 g/mol. The number of carbonyl (C=O) groups excluding carboxylic acids is 1.